The molecule has 1 heterocycles. The first-order valence-electron chi connectivity index (χ1n) is 10.5. The fourth-order valence-corrected chi connectivity index (χ4v) is 3.55. The SMILES string of the molecule is CNC(=O)[C@H](N[C@H](CCc1ccc(C(F)(F)F)cc1)c1ccc(OC)nc1)c1ccccc1. The van der Waals surface area contributed by atoms with Crippen molar-refractivity contribution < 1.29 is 22.7 Å². The van der Waals surface area contributed by atoms with E-state index in [1.807, 2.05) is 36.4 Å². The van der Waals surface area contributed by atoms with E-state index >= 15 is 0 Å². The maximum absolute atomic E-state index is 12.9. The highest BCUT2D eigenvalue weighted by atomic mass is 19.4. The lowest BCUT2D eigenvalue weighted by molar-refractivity contribution is -0.137. The highest BCUT2D eigenvalue weighted by molar-refractivity contribution is 5.83. The number of aromatic nitrogens is 1. The summed E-state index contributed by atoms with van der Waals surface area (Å²) in [5, 5.41) is 6.10. The Balaban J connectivity index is 1.84. The first kappa shape index (κ1) is 24.3. The molecule has 0 aliphatic rings. The number of aryl methyl sites for hydroxylation is 1. The number of halogens is 3. The second-order valence-corrected chi connectivity index (χ2v) is 7.54. The fraction of sp³-hybridized carbons (Fsp3) is 0.280. The number of methoxy groups -OCH3 is 1. The molecule has 8 heteroatoms. The number of nitrogens with zero attached hydrogens (tertiary/aromatic N) is 1. The van der Waals surface area contributed by atoms with Gasteiger partial charge in [0.25, 0.3) is 0 Å². The Hall–Kier alpha value is -3.39. The number of benzene rings is 2. The van der Waals surface area contributed by atoms with Crippen LogP contribution in [0.1, 0.15) is 40.8 Å². The highest BCUT2D eigenvalue weighted by Crippen LogP contribution is 2.30. The lowest BCUT2D eigenvalue weighted by atomic mass is 9.97. The Morgan fingerprint density at radius 3 is 2.24 bits per heavy atom. The van der Waals surface area contributed by atoms with Gasteiger partial charge in [0.05, 0.1) is 12.7 Å². The van der Waals surface area contributed by atoms with Crippen LogP contribution in [0.3, 0.4) is 0 Å². The third kappa shape index (κ3) is 6.55. The Bertz CT molecular complexity index is 1020. The van der Waals surface area contributed by atoms with Crippen LogP contribution in [-0.2, 0) is 17.4 Å². The summed E-state index contributed by atoms with van der Waals surface area (Å²) in [6.45, 7) is 0. The van der Waals surface area contributed by atoms with E-state index in [2.05, 4.69) is 15.6 Å². The topological polar surface area (TPSA) is 63.2 Å². The number of amides is 1. The van der Waals surface area contributed by atoms with E-state index in [0.717, 1.165) is 28.8 Å². The molecule has 0 fully saturated rings. The molecule has 1 amide bonds. The van der Waals surface area contributed by atoms with Gasteiger partial charge in [0.1, 0.15) is 6.04 Å². The van der Waals surface area contributed by atoms with Crippen molar-refractivity contribution >= 4 is 5.91 Å². The summed E-state index contributed by atoms with van der Waals surface area (Å²) < 4.78 is 43.7. The first-order chi connectivity index (χ1) is 15.8. The Labute approximate surface area is 191 Å². The molecule has 3 rings (SSSR count). The van der Waals surface area contributed by atoms with Crippen LogP contribution in [0.2, 0.25) is 0 Å². The van der Waals surface area contributed by atoms with Crippen molar-refractivity contribution in [1.29, 1.82) is 0 Å². The minimum atomic E-state index is -4.37. The quantitative estimate of drug-likeness (QED) is 0.482. The number of carbonyl (C=O) groups excluding carboxylic acids is 1. The predicted octanol–water partition coefficient (Wildman–Crippen LogP) is 4.86. The number of alkyl halides is 3. The molecule has 0 saturated carbocycles. The standard InChI is InChI=1S/C25H26F3N3O2/c1-29-24(32)23(18-6-4-3-5-7-18)31-21(19-11-15-22(33-2)30-16-19)14-10-17-8-12-20(13-9-17)25(26,27)28/h3-9,11-13,15-16,21,23,31H,10,14H2,1-2H3,(H,29,32)/t21-,23-/m1/s1. The number of hydrogen-bond acceptors (Lipinski definition) is 4. The molecule has 2 aromatic carbocycles. The minimum Gasteiger partial charge on any atom is -0.481 e. The summed E-state index contributed by atoms with van der Waals surface area (Å²) in [5.41, 5.74) is 1.74. The number of ether oxygens (including phenoxy) is 1. The zero-order valence-electron chi connectivity index (χ0n) is 18.4. The van der Waals surface area contributed by atoms with Gasteiger partial charge < -0.3 is 10.1 Å². The molecule has 0 unspecified atom stereocenters. The van der Waals surface area contributed by atoms with Gasteiger partial charge >= 0.3 is 6.18 Å². The molecule has 33 heavy (non-hydrogen) atoms. The van der Waals surface area contributed by atoms with Crippen LogP contribution in [0.25, 0.3) is 0 Å². The molecular formula is C25H26F3N3O2. The molecule has 0 spiro atoms. The molecule has 0 aliphatic heterocycles. The number of likely N-dealkylation sites (N-methyl/N-ethyl adjacent to an activating group) is 1. The molecule has 2 N–H and O–H groups in total. The molecule has 2 atom stereocenters. The molecule has 0 bridgehead atoms. The van der Waals surface area contributed by atoms with Crippen molar-refractivity contribution in [2.45, 2.75) is 31.1 Å². The summed E-state index contributed by atoms with van der Waals surface area (Å²) in [5.74, 6) is 0.272. The second kappa shape index (κ2) is 11.0. The van der Waals surface area contributed by atoms with Gasteiger partial charge in [-0.1, -0.05) is 48.5 Å². The molecule has 0 aliphatic carbocycles. The molecule has 0 radical (unpaired) electrons. The van der Waals surface area contributed by atoms with Gasteiger partial charge in [0.15, 0.2) is 0 Å². The Morgan fingerprint density at radius 2 is 1.70 bits per heavy atom. The fourth-order valence-electron chi connectivity index (χ4n) is 3.55. The largest absolute Gasteiger partial charge is 0.481 e. The second-order valence-electron chi connectivity index (χ2n) is 7.54. The zero-order valence-corrected chi connectivity index (χ0v) is 18.4. The van der Waals surface area contributed by atoms with Crippen LogP contribution in [-0.4, -0.2) is 25.0 Å². The van der Waals surface area contributed by atoms with Crippen molar-refractivity contribution in [1.82, 2.24) is 15.6 Å². The van der Waals surface area contributed by atoms with Crippen LogP contribution in [0, 0.1) is 0 Å². The number of pyridine rings is 1. The van der Waals surface area contributed by atoms with E-state index in [9.17, 15) is 18.0 Å². The summed E-state index contributed by atoms with van der Waals surface area (Å²) in [7, 11) is 3.10. The Morgan fingerprint density at radius 1 is 1.00 bits per heavy atom. The summed E-state index contributed by atoms with van der Waals surface area (Å²) in [4.78, 5) is 16.9. The average molecular weight is 457 g/mol. The summed E-state index contributed by atoms with van der Waals surface area (Å²) in [6, 6.07) is 17.2. The molecule has 0 saturated heterocycles. The molecule has 1 aromatic heterocycles. The van der Waals surface area contributed by atoms with Crippen LogP contribution < -0.4 is 15.4 Å². The number of rotatable bonds is 9. The summed E-state index contributed by atoms with van der Waals surface area (Å²) in [6.07, 6.45) is -1.64. The summed E-state index contributed by atoms with van der Waals surface area (Å²) >= 11 is 0. The third-order valence-electron chi connectivity index (χ3n) is 5.38. The van der Waals surface area contributed by atoms with E-state index in [-0.39, 0.29) is 11.9 Å². The van der Waals surface area contributed by atoms with Gasteiger partial charge in [-0.25, -0.2) is 4.98 Å². The van der Waals surface area contributed by atoms with E-state index in [1.54, 1.807) is 19.3 Å². The lowest BCUT2D eigenvalue weighted by Gasteiger charge is -2.26. The minimum absolute atomic E-state index is 0.192. The van der Waals surface area contributed by atoms with Crippen LogP contribution in [0.5, 0.6) is 5.88 Å². The van der Waals surface area contributed by atoms with Crippen LogP contribution >= 0.6 is 0 Å². The van der Waals surface area contributed by atoms with E-state index < -0.39 is 17.8 Å². The number of carbonyl (C=O) groups is 1. The van der Waals surface area contributed by atoms with Crippen LogP contribution in [0.15, 0.2) is 72.9 Å². The predicted molar refractivity (Wildman–Crippen MR) is 120 cm³/mol. The van der Waals surface area contributed by atoms with Gasteiger partial charge in [0.2, 0.25) is 11.8 Å². The van der Waals surface area contributed by atoms with Crippen molar-refractivity contribution in [2.75, 3.05) is 14.2 Å². The van der Waals surface area contributed by atoms with Gasteiger partial charge in [-0.2, -0.15) is 13.2 Å². The van der Waals surface area contributed by atoms with Crippen LogP contribution in [0.4, 0.5) is 13.2 Å². The van der Waals surface area contributed by atoms with Gasteiger partial charge in [-0.15, -0.1) is 0 Å². The average Bonchev–Trinajstić information content (AvgIpc) is 2.84. The molecule has 5 nitrogen and oxygen atoms in total. The van der Waals surface area contributed by atoms with Gasteiger partial charge in [0, 0.05) is 25.4 Å². The maximum atomic E-state index is 12.9. The smallest absolute Gasteiger partial charge is 0.416 e. The van der Waals surface area contributed by atoms with Crippen molar-refractivity contribution in [2.24, 2.45) is 0 Å². The number of nitrogens with one attached hydrogen (secondary N) is 2. The Kier molecular flexibility index (Phi) is 8.06. The highest BCUT2D eigenvalue weighted by Gasteiger charge is 2.30. The number of hydrogen-bond donors (Lipinski definition) is 2. The lowest BCUT2D eigenvalue weighted by Crippen LogP contribution is -2.38. The van der Waals surface area contributed by atoms with E-state index in [0.29, 0.717) is 18.7 Å². The van der Waals surface area contributed by atoms with Crippen molar-refractivity contribution in [3.05, 3.63) is 95.2 Å². The molecule has 174 valence electrons. The molecular weight excluding hydrogens is 431 g/mol. The van der Waals surface area contributed by atoms with E-state index in [4.69, 9.17) is 4.74 Å². The normalized spacial score (nSPS) is 13.2. The maximum Gasteiger partial charge on any atom is 0.416 e. The molecule has 3 aromatic rings. The first-order valence-corrected chi connectivity index (χ1v) is 10.5. The van der Waals surface area contributed by atoms with Crippen molar-refractivity contribution in [3.8, 4) is 5.88 Å². The monoisotopic (exact) mass is 457 g/mol. The van der Waals surface area contributed by atoms with Gasteiger partial charge in [-0.05, 0) is 41.7 Å². The van der Waals surface area contributed by atoms with Gasteiger partial charge in [-0.3, -0.25) is 10.1 Å². The van der Waals surface area contributed by atoms with E-state index in [1.165, 1.54) is 19.2 Å². The van der Waals surface area contributed by atoms with Crippen molar-refractivity contribution in [3.63, 3.8) is 0 Å². The zero-order chi connectivity index (χ0) is 23.8. The third-order valence-corrected chi connectivity index (χ3v) is 5.38.